The molecule has 0 amide bonds. The zero-order valence-corrected chi connectivity index (χ0v) is 23.1. The molecule has 2 saturated carbocycles. The summed E-state index contributed by atoms with van der Waals surface area (Å²) in [5.41, 5.74) is -1.43. The Labute approximate surface area is 218 Å². The van der Waals surface area contributed by atoms with Gasteiger partial charge in [0.15, 0.2) is 11.6 Å². The lowest BCUT2D eigenvalue weighted by Gasteiger charge is -2.60. The second-order valence-corrected chi connectivity index (χ2v) is 13.3. The molecule has 7 heteroatoms. The van der Waals surface area contributed by atoms with Crippen LogP contribution < -0.4 is 0 Å². The third-order valence-electron chi connectivity index (χ3n) is 10.9. The van der Waals surface area contributed by atoms with Crippen molar-refractivity contribution in [2.75, 3.05) is 0 Å². The van der Waals surface area contributed by atoms with E-state index in [1.165, 1.54) is 13.0 Å². The fourth-order valence-corrected chi connectivity index (χ4v) is 8.51. The number of allylic oxidation sites excluding steroid dienone is 3. The summed E-state index contributed by atoms with van der Waals surface area (Å²) in [5.74, 6) is -2.74. The summed E-state index contributed by atoms with van der Waals surface area (Å²) in [6.45, 7) is 12.9. The number of rotatable bonds is 5. The van der Waals surface area contributed by atoms with Gasteiger partial charge in [0.1, 0.15) is 11.6 Å². The van der Waals surface area contributed by atoms with E-state index in [-0.39, 0.29) is 54.2 Å². The molecule has 0 radical (unpaired) electrons. The lowest BCUT2D eigenvalue weighted by atomic mass is 9.42. The number of aliphatic hydroxyl groups is 1. The van der Waals surface area contributed by atoms with E-state index in [2.05, 4.69) is 0 Å². The van der Waals surface area contributed by atoms with Gasteiger partial charge < -0.3 is 10.2 Å². The van der Waals surface area contributed by atoms with Gasteiger partial charge in [-0.25, -0.2) is 0 Å². The van der Waals surface area contributed by atoms with Gasteiger partial charge in [-0.05, 0) is 55.6 Å². The van der Waals surface area contributed by atoms with Gasteiger partial charge in [-0.1, -0.05) is 40.2 Å². The number of carboxylic acids is 1. The Morgan fingerprint density at radius 1 is 1.08 bits per heavy atom. The minimum atomic E-state index is -1.08. The summed E-state index contributed by atoms with van der Waals surface area (Å²) in [6, 6.07) is 0. The summed E-state index contributed by atoms with van der Waals surface area (Å²) in [4.78, 5) is 64.5. The molecule has 0 aromatic heterocycles. The first-order valence-electron chi connectivity index (χ1n) is 13.4. The molecular formula is C30H40O7. The molecule has 0 aliphatic heterocycles. The van der Waals surface area contributed by atoms with E-state index < -0.39 is 39.7 Å². The highest BCUT2D eigenvalue weighted by molar-refractivity contribution is 6.06. The molecule has 0 saturated heterocycles. The summed E-state index contributed by atoms with van der Waals surface area (Å²) in [7, 11) is 0. The van der Waals surface area contributed by atoms with E-state index in [1.54, 1.807) is 6.92 Å². The van der Waals surface area contributed by atoms with Gasteiger partial charge in [-0.3, -0.25) is 24.0 Å². The normalized spacial score (nSPS) is 40.2. The Balaban J connectivity index is 1.81. The smallest absolute Gasteiger partial charge is 0.306 e. The predicted molar refractivity (Wildman–Crippen MR) is 136 cm³/mol. The molecule has 0 aromatic rings. The molecule has 0 spiro atoms. The van der Waals surface area contributed by atoms with E-state index in [9.17, 15) is 29.1 Å². The molecule has 0 aromatic carbocycles. The van der Waals surface area contributed by atoms with Crippen molar-refractivity contribution in [1.82, 2.24) is 0 Å². The molecule has 7 nitrogen and oxygen atoms in total. The molecule has 4 aliphatic rings. The van der Waals surface area contributed by atoms with Crippen molar-refractivity contribution in [1.29, 1.82) is 0 Å². The first kappa shape index (κ1) is 27.6. The van der Waals surface area contributed by atoms with Crippen LogP contribution >= 0.6 is 0 Å². The number of aliphatic hydroxyl groups excluding tert-OH is 1. The Bertz CT molecular complexity index is 1170. The second-order valence-electron chi connectivity index (χ2n) is 13.3. The fourth-order valence-electron chi connectivity index (χ4n) is 8.51. The number of hydrogen-bond donors (Lipinski definition) is 2. The average Bonchev–Trinajstić information content (AvgIpc) is 2.99. The minimum Gasteiger partial charge on any atom is -0.481 e. The largest absolute Gasteiger partial charge is 0.481 e. The first-order chi connectivity index (χ1) is 16.9. The number of ketones is 4. The third-order valence-corrected chi connectivity index (χ3v) is 10.9. The summed E-state index contributed by atoms with van der Waals surface area (Å²) < 4.78 is 0. The number of carboxylic acid groups (broad SMARTS) is 1. The molecule has 4 rings (SSSR count). The van der Waals surface area contributed by atoms with Gasteiger partial charge >= 0.3 is 5.97 Å². The number of aliphatic carboxylic acids is 1. The number of hydrogen-bond acceptors (Lipinski definition) is 6. The number of fused-ring (bicyclic) bond motifs is 4. The lowest BCUT2D eigenvalue weighted by molar-refractivity contribution is -0.146. The molecule has 4 aliphatic carbocycles. The molecule has 2 unspecified atom stereocenters. The number of carbonyl (C=O) groups is 5. The first-order valence-corrected chi connectivity index (χ1v) is 13.4. The molecular weight excluding hydrogens is 472 g/mol. The Morgan fingerprint density at radius 3 is 2.30 bits per heavy atom. The highest BCUT2D eigenvalue weighted by Gasteiger charge is 2.70. The highest BCUT2D eigenvalue weighted by atomic mass is 16.4. The van der Waals surface area contributed by atoms with E-state index >= 15 is 0 Å². The molecule has 7 atom stereocenters. The molecule has 2 fully saturated rings. The lowest BCUT2D eigenvalue weighted by Crippen LogP contribution is -2.59. The van der Waals surface area contributed by atoms with Gasteiger partial charge in [-0.2, -0.15) is 0 Å². The minimum absolute atomic E-state index is 0.0497. The molecule has 37 heavy (non-hydrogen) atoms. The van der Waals surface area contributed by atoms with Crippen molar-refractivity contribution in [2.24, 2.45) is 39.4 Å². The van der Waals surface area contributed by atoms with Gasteiger partial charge in [0.05, 0.1) is 17.4 Å². The SMILES string of the molecule is C/C(=C/C(=O)CC(C)C(=O)O)[C@H]1CC(=O)[C@@]2(C)C3=C(C(=O)C[C@]12C)[C@@]1(C)CCC(=O)C(C)(C)C1C[C@@H]3O. The van der Waals surface area contributed by atoms with Crippen LogP contribution in [0, 0.1) is 39.4 Å². The van der Waals surface area contributed by atoms with Crippen molar-refractivity contribution in [2.45, 2.75) is 93.1 Å². The van der Waals surface area contributed by atoms with Crippen LogP contribution in [0.5, 0.6) is 0 Å². The summed E-state index contributed by atoms with van der Waals surface area (Å²) >= 11 is 0. The number of Topliss-reactive ketones (excluding diaryl/α,β-unsaturated/α-hetero) is 3. The predicted octanol–water partition coefficient (Wildman–Crippen LogP) is 4.26. The van der Waals surface area contributed by atoms with Gasteiger partial charge in [0.25, 0.3) is 0 Å². The quantitative estimate of drug-likeness (QED) is 0.527. The van der Waals surface area contributed by atoms with Crippen molar-refractivity contribution in [3.8, 4) is 0 Å². The molecule has 202 valence electrons. The van der Waals surface area contributed by atoms with Gasteiger partial charge in [-0.15, -0.1) is 0 Å². The third kappa shape index (κ3) is 3.67. The van der Waals surface area contributed by atoms with Crippen LogP contribution in [0.1, 0.15) is 87.0 Å². The zero-order valence-electron chi connectivity index (χ0n) is 23.1. The monoisotopic (exact) mass is 512 g/mol. The van der Waals surface area contributed by atoms with Crippen LogP contribution in [-0.4, -0.2) is 45.4 Å². The summed E-state index contributed by atoms with van der Waals surface area (Å²) in [5, 5.41) is 20.7. The van der Waals surface area contributed by atoms with Crippen LogP contribution in [0.15, 0.2) is 22.8 Å². The molecule has 0 heterocycles. The van der Waals surface area contributed by atoms with E-state index in [4.69, 9.17) is 5.11 Å². The van der Waals surface area contributed by atoms with E-state index in [0.717, 1.165) is 0 Å². The van der Waals surface area contributed by atoms with Crippen molar-refractivity contribution >= 4 is 29.1 Å². The molecule has 2 N–H and O–H groups in total. The Hall–Kier alpha value is -2.41. The van der Waals surface area contributed by atoms with Crippen LogP contribution in [-0.2, 0) is 24.0 Å². The van der Waals surface area contributed by atoms with Crippen LogP contribution in [0.25, 0.3) is 0 Å². The van der Waals surface area contributed by atoms with Crippen molar-refractivity contribution in [3.05, 3.63) is 22.8 Å². The highest BCUT2D eigenvalue weighted by Crippen LogP contribution is 2.70. The van der Waals surface area contributed by atoms with Crippen LogP contribution in [0.3, 0.4) is 0 Å². The van der Waals surface area contributed by atoms with Crippen LogP contribution in [0.2, 0.25) is 0 Å². The maximum Gasteiger partial charge on any atom is 0.306 e. The van der Waals surface area contributed by atoms with Gasteiger partial charge in [0, 0.05) is 42.1 Å². The van der Waals surface area contributed by atoms with E-state index in [1.807, 2.05) is 34.6 Å². The fraction of sp³-hybridized carbons (Fsp3) is 0.700. The van der Waals surface area contributed by atoms with Crippen LogP contribution in [0.4, 0.5) is 0 Å². The van der Waals surface area contributed by atoms with E-state index in [0.29, 0.717) is 36.0 Å². The summed E-state index contributed by atoms with van der Waals surface area (Å²) in [6.07, 6.45) is 1.78. The standard InChI is InChI=1S/C30H40O7/c1-15(10-17(31)11-16(2)26(36)37)18-12-23(35)30(7)25-19(32)13-21-27(3,4)22(34)8-9-28(21,5)24(25)20(33)14-29(18,30)6/h10,16,18-19,21,32H,8-9,11-14H2,1-7H3,(H,36,37)/b15-10-/t16?,18-,19+,21?,28+,29-,30+/m1/s1. The zero-order chi connectivity index (χ0) is 27.9. The maximum atomic E-state index is 14.0. The maximum absolute atomic E-state index is 14.0. The average molecular weight is 513 g/mol. The van der Waals surface area contributed by atoms with Gasteiger partial charge in [0.2, 0.25) is 0 Å². The number of carbonyl (C=O) groups excluding carboxylic acids is 4. The Kier molecular flexibility index (Phi) is 6.38. The van der Waals surface area contributed by atoms with Crippen molar-refractivity contribution in [3.63, 3.8) is 0 Å². The Morgan fingerprint density at radius 2 is 1.70 bits per heavy atom. The molecule has 0 bridgehead atoms. The topological polar surface area (TPSA) is 126 Å². The second kappa shape index (κ2) is 8.55. The van der Waals surface area contributed by atoms with Crippen molar-refractivity contribution < 1.29 is 34.2 Å².